The number of aliphatic hydroxyl groups excluding tert-OH is 1. The van der Waals surface area contributed by atoms with Crippen molar-refractivity contribution >= 4 is 30.0 Å². The van der Waals surface area contributed by atoms with Gasteiger partial charge in [0.05, 0.1) is 17.3 Å². The molecule has 1 atom stereocenters. The lowest BCUT2D eigenvalue weighted by Gasteiger charge is -2.25. The molecule has 1 unspecified atom stereocenters. The maximum atomic E-state index is 13.1. The third-order valence-electron chi connectivity index (χ3n) is 4.26. The van der Waals surface area contributed by atoms with Crippen molar-refractivity contribution in [2.24, 2.45) is 4.99 Å². The largest absolute Gasteiger partial charge is 0.514 e. The first-order valence-corrected chi connectivity index (χ1v) is 8.61. The van der Waals surface area contributed by atoms with Gasteiger partial charge in [0.15, 0.2) is 6.29 Å². The number of carbonyl (C=O) groups excluding carboxylic acids is 2. The lowest BCUT2D eigenvalue weighted by atomic mass is 10.1. The van der Waals surface area contributed by atoms with E-state index in [9.17, 15) is 27.2 Å². The number of hydrogen-bond donors (Lipinski definition) is 1. The van der Waals surface area contributed by atoms with Crippen molar-refractivity contribution in [1.29, 1.82) is 0 Å². The van der Waals surface area contributed by atoms with E-state index in [0.717, 1.165) is 12.3 Å². The minimum absolute atomic E-state index is 0.01000. The fraction of sp³-hybridized carbons (Fsp3) is 0.333. The molecule has 0 bridgehead atoms. The number of allylic oxidation sites excluding steroid dienone is 2. The number of aromatic nitrogens is 1. The molecule has 2 heterocycles. The summed E-state index contributed by atoms with van der Waals surface area (Å²) in [7, 11) is 0. The zero-order valence-electron chi connectivity index (χ0n) is 15.0. The fourth-order valence-electron chi connectivity index (χ4n) is 2.67. The first-order chi connectivity index (χ1) is 13.6. The minimum atomic E-state index is -4.31. The quantitative estimate of drug-likeness (QED) is 0.222. The van der Waals surface area contributed by atoms with Gasteiger partial charge in [-0.15, -0.1) is 0 Å². The van der Waals surface area contributed by atoms with Gasteiger partial charge < -0.3 is 10.0 Å². The SMILES string of the molecule is CC(C(/C=N\CC(F)(F)C(F)F)=C/C(Cl)=C/O)N1Cc2c(ccnc2C=O)C1=O. The molecule has 0 aromatic carbocycles. The van der Waals surface area contributed by atoms with Gasteiger partial charge in [0, 0.05) is 30.1 Å². The fourth-order valence-corrected chi connectivity index (χ4v) is 2.80. The molecule has 156 valence electrons. The Balaban J connectivity index is 2.32. The monoisotopic (exact) mass is 433 g/mol. The third kappa shape index (κ3) is 5.00. The van der Waals surface area contributed by atoms with Crippen molar-refractivity contribution < 1.29 is 32.3 Å². The Morgan fingerprint density at radius 1 is 1.48 bits per heavy atom. The predicted molar refractivity (Wildman–Crippen MR) is 97.9 cm³/mol. The summed E-state index contributed by atoms with van der Waals surface area (Å²) in [6, 6.07) is 0.644. The van der Waals surface area contributed by atoms with Crippen molar-refractivity contribution in [3.8, 4) is 0 Å². The second-order valence-corrected chi connectivity index (χ2v) is 6.58. The van der Waals surface area contributed by atoms with E-state index in [4.69, 9.17) is 16.7 Å². The zero-order chi connectivity index (χ0) is 21.8. The second-order valence-electron chi connectivity index (χ2n) is 6.14. The lowest BCUT2D eigenvalue weighted by Crippen LogP contribution is -2.35. The van der Waals surface area contributed by atoms with Crippen LogP contribution in [0.5, 0.6) is 0 Å². The van der Waals surface area contributed by atoms with Crippen molar-refractivity contribution in [2.75, 3.05) is 6.54 Å². The molecule has 29 heavy (non-hydrogen) atoms. The normalized spacial score (nSPS) is 16.7. The van der Waals surface area contributed by atoms with Gasteiger partial charge >= 0.3 is 12.3 Å². The van der Waals surface area contributed by atoms with Crippen molar-refractivity contribution in [1.82, 2.24) is 9.88 Å². The summed E-state index contributed by atoms with van der Waals surface area (Å²) in [5.41, 5.74) is 0.865. The van der Waals surface area contributed by atoms with Gasteiger partial charge in [-0.2, -0.15) is 8.78 Å². The van der Waals surface area contributed by atoms with Crippen LogP contribution in [0.3, 0.4) is 0 Å². The second kappa shape index (κ2) is 9.17. The van der Waals surface area contributed by atoms with E-state index in [1.165, 1.54) is 24.1 Å². The molecule has 6 nitrogen and oxygen atoms in total. The van der Waals surface area contributed by atoms with E-state index in [-0.39, 0.29) is 28.4 Å². The molecule has 1 aromatic heterocycles. The zero-order valence-corrected chi connectivity index (χ0v) is 15.8. The number of amides is 1. The number of hydrogen-bond acceptors (Lipinski definition) is 5. The Morgan fingerprint density at radius 2 is 2.17 bits per heavy atom. The van der Waals surface area contributed by atoms with Gasteiger partial charge in [-0.05, 0) is 24.6 Å². The smallest absolute Gasteiger partial charge is 0.326 e. The number of aldehydes is 1. The van der Waals surface area contributed by atoms with Crippen LogP contribution in [0.15, 0.2) is 40.2 Å². The van der Waals surface area contributed by atoms with Crippen LogP contribution in [-0.4, -0.2) is 58.3 Å². The van der Waals surface area contributed by atoms with E-state index in [2.05, 4.69) is 9.98 Å². The summed E-state index contributed by atoms with van der Waals surface area (Å²) >= 11 is 5.75. The van der Waals surface area contributed by atoms with Crippen LogP contribution in [0.25, 0.3) is 0 Å². The average Bonchev–Trinajstić information content (AvgIpc) is 3.03. The highest BCUT2D eigenvalue weighted by atomic mass is 35.5. The molecule has 0 aliphatic carbocycles. The molecule has 1 aromatic rings. The van der Waals surface area contributed by atoms with Crippen molar-refractivity contribution in [2.45, 2.75) is 31.9 Å². The maximum absolute atomic E-state index is 13.1. The van der Waals surface area contributed by atoms with Gasteiger partial charge in [0.2, 0.25) is 0 Å². The van der Waals surface area contributed by atoms with Crippen LogP contribution >= 0.6 is 11.6 Å². The van der Waals surface area contributed by atoms with E-state index in [1.807, 2.05) is 0 Å². The molecule has 1 aliphatic heterocycles. The van der Waals surface area contributed by atoms with E-state index in [0.29, 0.717) is 18.1 Å². The molecular weight excluding hydrogens is 418 g/mol. The Hall–Kier alpha value is -2.75. The van der Waals surface area contributed by atoms with Crippen LogP contribution in [0, 0.1) is 0 Å². The molecule has 1 aliphatic rings. The summed E-state index contributed by atoms with van der Waals surface area (Å²) in [6.07, 6.45) is 0.522. The van der Waals surface area contributed by atoms with Crippen molar-refractivity contribution in [3.05, 3.63) is 52.0 Å². The summed E-state index contributed by atoms with van der Waals surface area (Å²) in [5, 5.41) is 8.79. The number of aliphatic imine (C=N–C) groups is 1. The van der Waals surface area contributed by atoms with Gasteiger partial charge in [0.1, 0.15) is 12.2 Å². The van der Waals surface area contributed by atoms with Gasteiger partial charge in [-0.1, -0.05) is 11.6 Å². The highest BCUT2D eigenvalue weighted by Crippen LogP contribution is 2.28. The van der Waals surface area contributed by atoms with Crippen LogP contribution in [0.2, 0.25) is 0 Å². The number of nitrogens with zero attached hydrogens (tertiary/aromatic N) is 3. The van der Waals surface area contributed by atoms with Crippen LogP contribution in [0.4, 0.5) is 17.6 Å². The molecule has 0 radical (unpaired) electrons. The predicted octanol–water partition coefficient (Wildman–Crippen LogP) is 3.77. The highest BCUT2D eigenvalue weighted by Gasteiger charge is 2.40. The molecule has 1 amide bonds. The first kappa shape index (κ1) is 22.5. The van der Waals surface area contributed by atoms with E-state index < -0.39 is 30.8 Å². The standard InChI is InChI=1S/C18H16ClF4N3O3/c1-10(26-6-14-13(16(26)29)2-3-25-15(14)8-28)11(4-12(19)7-27)5-24-9-18(22,23)17(20)21/h2-5,7-8,10,17,27H,6,9H2,1H3/b11-4+,12-7-,24-5-. The van der Waals surface area contributed by atoms with E-state index in [1.54, 1.807) is 0 Å². The molecule has 11 heteroatoms. The van der Waals surface area contributed by atoms with Crippen LogP contribution in [-0.2, 0) is 6.54 Å². The molecule has 0 saturated carbocycles. The van der Waals surface area contributed by atoms with Crippen LogP contribution in [0.1, 0.15) is 33.3 Å². The molecule has 0 saturated heterocycles. The van der Waals surface area contributed by atoms with Gasteiger partial charge in [-0.3, -0.25) is 19.6 Å². The molecule has 1 N–H and O–H groups in total. The highest BCUT2D eigenvalue weighted by molar-refractivity contribution is 6.31. The Bertz CT molecular complexity index is 887. The Morgan fingerprint density at radius 3 is 2.76 bits per heavy atom. The van der Waals surface area contributed by atoms with Gasteiger partial charge in [0.25, 0.3) is 5.91 Å². The number of rotatable bonds is 8. The van der Waals surface area contributed by atoms with Crippen LogP contribution < -0.4 is 0 Å². The molecule has 0 spiro atoms. The van der Waals surface area contributed by atoms with Crippen molar-refractivity contribution in [3.63, 3.8) is 0 Å². The number of aliphatic hydroxyl groups is 1. The lowest BCUT2D eigenvalue weighted by molar-refractivity contribution is -0.119. The number of alkyl halides is 4. The third-order valence-corrected chi connectivity index (χ3v) is 4.47. The summed E-state index contributed by atoms with van der Waals surface area (Å²) in [5.74, 6) is -4.76. The molecular formula is C18H16ClF4N3O3. The Kier molecular flexibility index (Phi) is 7.12. The molecule has 2 rings (SSSR count). The number of pyridine rings is 1. The minimum Gasteiger partial charge on any atom is -0.514 e. The van der Waals surface area contributed by atoms with E-state index >= 15 is 0 Å². The summed E-state index contributed by atoms with van der Waals surface area (Å²) < 4.78 is 50.8. The summed E-state index contributed by atoms with van der Waals surface area (Å²) in [4.78, 5) is 32.4. The number of fused-ring (bicyclic) bond motifs is 1. The Labute approximate surface area is 168 Å². The maximum Gasteiger partial charge on any atom is 0.326 e. The number of halogens is 5. The number of carbonyl (C=O) groups is 2. The molecule has 0 fully saturated rings. The van der Waals surface area contributed by atoms with Gasteiger partial charge in [-0.25, -0.2) is 8.78 Å². The topological polar surface area (TPSA) is 82.9 Å². The first-order valence-electron chi connectivity index (χ1n) is 8.23. The summed E-state index contributed by atoms with van der Waals surface area (Å²) in [6.45, 7) is 0.0705. The average molecular weight is 434 g/mol.